The maximum absolute atomic E-state index is 8.97. The van der Waals surface area contributed by atoms with E-state index in [4.69, 9.17) is 22.6 Å². The van der Waals surface area contributed by atoms with Crippen molar-refractivity contribution in [3.05, 3.63) is 52.8 Å². The summed E-state index contributed by atoms with van der Waals surface area (Å²) in [5.41, 5.74) is 7.92. The molecule has 0 aliphatic rings. The molecule has 0 bridgehead atoms. The van der Waals surface area contributed by atoms with E-state index in [1.54, 1.807) is 16.8 Å². The minimum Gasteiger partial charge on any atom is -0.326 e. The Morgan fingerprint density at radius 2 is 1.94 bits per heavy atom. The fourth-order valence-corrected chi connectivity index (χ4v) is 1.71. The number of hydrogen-bond acceptors (Lipinski definition) is 2. The summed E-state index contributed by atoms with van der Waals surface area (Å²) >= 11 is 5.89. The van der Waals surface area contributed by atoms with Crippen LogP contribution in [0.3, 0.4) is 0 Å². The van der Waals surface area contributed by atoms with Gasteiger partial charge in [0.25, 0.3) is 0 Å². The van der Waals surface area contributed by atoms with E-state index in [0.29, 0.717) is 17.3 Å². The van der Waals surface area contributed by atoms with E-state index in [2.05, 4.69) is 6.07 Å². The number of rotatable bonds is 2. The zero-order chi connectivity index (χ0) is 11.5. The molecule has 1 aromatic carbocycles. The van der Waals surface area contributed by atoms with Gasteiger partial charge in [0, 0.05) is 18.4 Å². The van der Waals surface area contributed by atoms with Gasteiger partial charge < -0.3 is 10.3 Å². The number of benzene rings is 1. The van der Waals surface area contributed by atoms with Crippen LogP contribution in [0.4, 0.5) is 0 Å². The quantitative estimate of drug-likeness (QED) is 0.863. The lowest BCUT2D eigenvalue weighted by Gasteiger charge is -2.05. The molecule has 0 amide bonds. The number of aromatic nitrogens is 1. The second kappa shape index (κ2) is 4.40. The molecule has 0 fully saturated rings. The van der Waals surface area contributed by atoms with E-state index < -0.39 is 0 Å². The van der Waals surface area contributed by atoms with E-state index >= 15 is 0 Å². The van der Waals surface area contributed by atoms with Gasteiger partial charge in [0.2, 0.25) is 0 Å². The number of halogens is 1. The topological polar surface area (TPSA) is 54.7 Å². The van der Waals surface area contributed by atoms with Crippen molar-refractivity contribution in [1.29, 1.82) is 5.26 Å². The van der Waals surface area contributed by atoms with E-state index in [9.17, 15) is 0 Å². The van der Waals surface area contributed by atoms with Gasteiger partial charge in [0.15, 0.2) is 0 Å². The van der Waals surface area contributed by atoms with Crippen molar-refractivity contribution in [3.63, 3.8) is 0 Å². The third kappa shape index (κ3) is 1.81. The predicted octanol–water partition coefficient (Wildman–Crippen LogP) is 2.46. The molecule has 0 aliphatic carbocycles. The highest BCUT2D eigenvalue weighted by molar-refractivity contribution is 6.31. The molecule has 0 saturated heterocycles. The Bertz CT molecular complexity index is 534. The second-order valence-electron chi connectivity index (χ2n) is 3.36. The molecule has 16 heavy (non-hydrogen) atoms. The molecule has 0 unspecified atom stereocenters. The molecular weight excluding hydrogens is 222 g/mol. The van der Waals surface area contributed by atoms with Gasteiger partial charge in [0.1, 0.15) is 11.8 Å². The highest BCUT2D eigenvalue weighted by Gasteiger charge is 2.07. The molecule has 1 heterocycles. The first kappa shape index (κ1) is 10.7. The lowest BCUT2D eigenvalue weighted by molar-refractivity contribution is 1.03. The summed E-state index contributed by atoms with van der Waals surface area (Å²) in [6.07, 6.45) is 1.78. The van der Waals surface area contributed by atoms with Gasteiger partial charge >= 0.3 is 0 Å². The van der Waals surface area contributed by atoms with Gasteiger partial charge in [-0.15, -0.1) is 0 Å². The van der Waals surface area contributed by atoms with Crippen LogP contribution in [0, 0.1) is 11.3 Å². The van der Waals surface area contributed by atoms with E-state index in [1.165, 1.54) is 0 Å². The number of hydrogen-bond donors (Lipinski definition) is 1. The Hall–Kier alpha value is -1.76. The van der Waals surface area contributed by atoms with Crippen molar-refractivity contribution < 1.29 is 0 Å². The normalized spacial score (nSPS) is 10.1. The SMILES string of the molecule is N#Cc1c(Cl)ccn1-c1ccc(CN)cc1. The first-order valence-corrected chi connectivity index (χ1v) is 5.20. The Morgan fingerprint density at radius 1 is 1.25 bits per heavy atom. The molecular formula is C12H10ClN3. The molecule has 3 nitrogen and oxygen atoms in total. The molecule has 0 saturated carbocycles. The van der Waals surface area contributed by atoms with Gasteiger partial charge in [-0.3, -0.25) is 0 Å². The lowest BCUT2D eigenvalue weighted by Crippen LogP contribution is -1.98. The van der Waals surface area contributed by atoms with Crippen LogP contribution in [0.1, 0.15) is 11.3 Å². The molecule has 0 atom stereocenters. The van der Waals surface area contributed by atoms with E-state index in [-0.39, 0.29) is 0 Å². The van der Waals surface area contributed by atoms with E-state index in [1.807, 2.05) is 24.3 Å². The minimum atomic E-state index is 0.446. The van der Waals surface area contributed by atoms with Crippen LogP contribution < -0.4 is 5.73 Å². The van der Waals surface area contributed by atoms with Gasteiger partial charge in [-0.05, 0) is 23.8 Å². The maximum Gasteiger partial charge on any atom is 0.143 e. The predicted molar refractivity (Wildman–Crippen MR) is 63.4 cm³/mol. The van der Waals surface area contributed by atoms with Gasteiger partial charge in [0.05, 0.1) is 5.02 Å². The summed E-state index contributed by atoms with van der Waals surface area (Å²) in [5.74, 6) is 0. The molecule has 2 aromatic rings. The molecule has 0 aliphatic heterocycles. The zero-order valence-corrected chi connectivity index (χ0v) is 9.28. The van der Waals surface area contributed by atoms with Crippen molar-refractivity contribution in [2.45, 2.75) is 6.54 Å². The maximum atomic E-state index is 8.97. The standard InChI is InChI=1S/C12H10ClN3/c13-11-5-6-16(12(11)8-15)10-3-1-9(7-14)2-4-10/h1-6H,7,14H2. The monoisotopic (exact) mass is 231 g/mol. The van der Waals surface area contributed by atoms with Crippen LogP contribution in [0.25, 0.3) is 5.69 Å². The van der Waals surface area contributed by atoms with Crippen LogP contribution in [0.15, 0.2) is 36.5 Å². The molecule has 1 aromatic heterocycles. The Kier molecular flexibility index (Phi) is 2.95. The van der Waals surface area contributed by atoms with Crippen LogP contribution in [-0.4, -0.2) is 4.57 Å². The second-order valence-corrected chi connectivity index (χ2v) is 3.77. The zero-order valence-electron chi connectivity index (χ0n) is 8.52. The Balaban J connectivity index is 2.47. The molecule has 80 valence electrons. The third-order valence-electron chi connectivity index (χ3n) is 2.39. The summed E-state index contributed by atoms with van der Waals surface area (Å²) in [4.78, 5) is 0. The highest BCUT2D eigenvalue weighted by atomic mass is 35.5. The van der Waals surface area contributed by atoms with Gasteiger partial charge in [-0.25, -0.2) is 0 Å². The molecule has 4 heteroatoms. The average Bonchev–Trinajstić information content (AvgIpc) is 2.70. The van der Waals surface area contributed by atoms with Crippen molar-refractivity contribution in [1.82, 2.24) is 4.57 Å². The average molecular weight is 232 g/mol. The Morgan fingerprint density at radius 3 is 2.50 bits per heavy atom. The molecule has 0 spiro atoms. The summed E-state index contributed by atoms with van der Waals surface area (Å²) in [6.45, 7) is 0.512. The van der Waals surface area contributed by atoms with Crippen molar-refractivity contribution in [2.24, 2.45) is 5.73 Å². The molecule has 2 rings (SSSR count). The largest absolute Gasteiger partial charge is 0.326 e. The minimum absolute atomic E-state index is 0.446. The molecule has 0 radical (unpaired) electrons. The summed E-state index contributed by atoms with van der Waals surface area (Å²) in [7, 11) is 0. The summed E-state index contributed by atoms with van der Waals surface area (Å²) < 4.78 is 1.75. The first-order chi connectivity index (χ1) is 7.76. The fraction of sp³-hybridized carbons (Fsp3) is 0.0833. The van der Waals surface area contributed by atoms with Crippen LogP contribution in [0.5, 0.6) is 0 Å². The summed E-state index contributed by atoms with van der Waals surface area (Å²) in [6, 6.07) is 11.5. The fourth-order valence-electron chi connectivity index (χ4n) is 1.52. The number of nitrogens with zero attached hydrogens (tertiary/aromatic N) is 2. The van der Waals surface area contributed by atoms with Crippen LogP contribution in [0.2, 0.25) is 5.02 Å². The van der Waals surface area contributed by atoms with Crippen LogP contribution in [-0.2, 0) is 6.54 Å². The van der Waals surface area contributed by atoms with Crippen LogP contribution >= 0.6 is 11.6 Å². The van der Waals surface area contributed by atoms with E-state index in [0.717, 1.165) is 11.3 Å². The van der Waals surface area contributed by atoms with Gasteiger partial charge in [-0.1, -0.05) is 23.7 Å². The highest BCUT2D eigenvalue weighted by Crippen LogP contribution is 2.20. The lowest BCUT2D eigenvalue weighted by atomic mass is 10.2. The first-order valence-electron chi connectivity index (χ1n) is 4.82. The number of nitrogens with two attached hydrogens (primary N) is 1. The third-order valence-corrected chi connectivity index (χ3v) is 2.70. The summed E-state index contributed by atoms with van der Waals surface area (Å²) in [5, 5.41) is 9.44. The van der Waals surface area contributed by atoms with Crippen molar-refractivity contribution in [2.75, 3.05) is 0 Å². The van der Waals surface area contributed by atoms with Crippen molar-refractivity contribution >= 4 is 11.6 Å². The number of nitriles is 1. The van der Waals surface area contributed by atoms with Crippen molar-refractivity contribution in [3.8, 4) is 11.8 Å². The molecule has 2 N–H and O–H groups in total. The van der Waals surface area contributed by atoms with Gasteiger partial charge in [-0.2, -0.15) is 5.26 Å². The smallest absolute Gasteiger partial charge is 0.143 e. The Labute approximate surface area is 98.7 Å².